The molecule has 0 unspecified atom stereocenters. The normalized spacial score (nSPS) is 10.7. The van der Waals surface area contributed by atoms with Crippen LogP contribution in [0.15, 0.2) is 59.7 Å². The van der Waals surface area contributed by atoms with Crippen LogP contribution in [0.25, 0.3) is 0 Å². The molecule has 0 radical (unpaired) electrons. The number of nitrogens with two attached hydrogens (primary N) is 1. The number of amides is 1. The fraction of sp³-hybridized carbons (Fsp3) is 0.111. The number of para-hydroxylation sites is 1. The third-order valence-corrected chi connectivity index (χ3v) is 3.43. The summed E-state index contributed by atoms with van der Waals surface area (Å²) in [7, 11) is 1.54. The van der Waals surface area contributed by atoms with E-state index in [1.807, 2.05) is 6.07 Å². The van der Waals surface area contributed by atoms with E-state index in [0.29, 0.717) is 17.0 Å². The van der Waals surface area contributed by atoms with E-state index in [2.05, 4.69) is 15.8 Å². The van der Waals surface area contributed by atoms with Crippen molar-refractivity contribution in [2.75, 3.05) is 12.4 Å². The van der Waals surface area contributed by atoms with Crippen molar-refractivity contribution in [3.8, 4) is 5.75 Å². The number of carbonyl (C=O) groups excluding carboxylic acids is 2. The van der Waals surface area contributed by atoms with E-state index in [1.54, 1.807) is 48.5 Å². The summed E-state index contributed by atoms with van der Waals surface area (Å²) in [6, 6.07) is 15.4. The lowest BCUT2D eigenvalue weighted by Gasteiger charge is -2.09. The van der Waals surface area contributed by atoms with Crippen LogP contribution in [0.4, 0.5) is 5.69 Å². The Balaban J connectivity index is 2.15. The maximum atomic E-state index is 12.5. The van der Waals surface area contributed by atoms with Crippen LogP contribution < -0.4 is 21.2 Å². The lowest BCUT2D eigenvalue weighted by atomic mass is 10.0. The van der Waals surface area contributed by atoms with Gasteiger partial charge in [-0.25, -0.2) is 0 Å². The molecule has 0 spiro atoms. The van der Waals surface area contributed by atoms with Crippen LogP contribution in [0.3, 0.4) is 0 Å². The number of ketones is 1. The van der Waals surface area contributed by atoms with Crippen LogP contribution in [0.2, 0.25) is 0 Å². The average molecular weight is 370 g/mol. The molecule has 1 amide bonds. The van der Waals surface area contributed by atoms with Crippen molar-refractivity contribution < 1.29 is 14.3 Å². The molecule has 0 saturated heterocycles. The quantitative estimate of drug-likeness (QED) is 0.298. The highest BCUT2D eigenvalue weighted by atomic mass is 32.1. The second-order valence-corrected chi connectivity index (χ2v) is 5.62. The molecule has 2 aromatic carbocycles. The second kappa shape index (κ2) is 9.28. The molecule has 0 heterocycles. The first kappa shape index (κ1) is 19.1. The van der Waals surface area contributed by atoms with Gasteiger partial charge in [-0.2, -0.15) is 5.10 Å². The van der Waals surface area contributed by atoms with Crippen molar-refractivity contribution in [1.29, 1.82) is 0 Å². The molecular formula is C18H18N4O3S. The van der Waals surface area contributed by atoms with Gasteiger partial charge in [0.05, 0.1) is 13.5 Å². The van der Waals surface area contributed by atoms with Gasteiger partial charge in [0.2, 0.25) is 0 Å². The molecule has 2 rings (SSSR count). The number of Topliss-reactive ketones (excluding diaryl/α,β-unsaturated/α-hetero) is 1. The van der Waals surface area contributed by atoms with Crippen molar-refractivity contribution in [3.05, 3.63) is 60.2 Å². The number of ether oxygens (including phenoxy) is 1. The Morgan fingerprint density at radius 1 is 1.12 bits per heavy atom. The molecule has 7 nitrogen and oxygen atoms in total. The largest absolute Gasteiger partial charge is 0.497 e. The van der Waals surface area contributed by atoms with Gasteiger partial charge < -0.3 is 15.8 Å². The van der Waals surface area contributed by atoms with Gasteiger partial charge in [0, 0.05) is 11.3 Å². The maximum absolute atomic E-state index is 12.5. The van der Waals surface area contributed by atoms with E-state index in [0.717, 1.165) is 0 Å². The highest BCUT2D eigenvalue weighted by Crippen LogP contribution is 2.13. The highest BCUT2D eigenvalue weighted by Gasteiger charge is 2.18. The average Bonchev–Trinajstić information content (AvgIpc) is 2.65. The van der Waals surface area contributed by atoms with Crippen LogP contribution in [0.1, 0.15) is 16.8 Å². The van der Waals surface area contributed by atoms with E-state index in [4.69, 9.17) is 22.7 Å². The Morgan fingerprint density at radius 3 is 2.35 bits per heavy atom. The van der Waals surface area contributed by atoms with Gasteiger partial charge in [0.15, 0.2) is 10.9 Å². The minimum Gasteiger partial charge on any atom is -0.497 e. The Labute approximate surface area is 156 Å². The predicted octanol–water partition coefficient (Wildman–Crippen LogP) is 2.10. The molecule has 8 heteroatoms. The molecule has 4 N–H and O–H groups in total. The summed E-state index contributed by atoms with van der Waals surface area (Å²) in [6.45, 7) is 0. The molecule has 0 atom stereocenters. The molecule has 2 aromatic rings. The number of anilines is 1. The summed E-state index contributed by atoms with van der Waals surface area (Å²) < 4.78 is 5.06. The van der Waals surface area contributed by atoms with E-state index >= 15 is 0 Å². The summed E-state index contributed by atoms with van der Waals surface area (Å²) in [5.74, 6) is -0.173. The monoisotopic (exact) mass is 370 g/mol. The number of hydrogen-bond acceptors (Lipinski definition) is 5. The molecule has 0 aromatic heterocycles. The van der Waals surface area contributed by atoms with Crippen LogP contribution in [-0.2, 0) is 4.79 Å². The standard InChI is InChI=1S/C18H18N4O3S/c1-25-14-9-7-12(8-10-14)16(23)11-15(21-22-18(19)26)17(24)20-13-5-3-2-4-6-13/h2-10H,11H2,1H3,(H,20,24)(H3,19,22,26)/b21-15+. The topological polar surface area (TPSA) is 106 Å². The zero-order valence-electron chi connectivity index (χ0n) is 14.1. The first-order chi connectivity index (χ1) is 12.5. The third kappa shape index (κ3) is 5.67. The minimum absolute atomic E-state index is 0.0394. The minimum atomic E-state index is -0.526. The van der Waals surface area contributed by atoms with Crippen LogP contribution in [0.5, 0.6) is 5.75 Å². The van der Waals surface area contributed by atoms with Crippen molar-refractivity contribution in [2.24, 2.45) is 10.8 Å². The number of methoxy groups -OCH3 is 1. The molecule has 134 valence electrons. The molecule has 26 heavy (non-hydrogen) atoms. The van der Waals surface area contributed by atoms with Crippen molar-refractivity contribution in [3.63, 3.8) is 0 Å². The summed E-state index contributed by atoms with van der Waals surface area (Å²) in [5.41, 5.74) is 8.67. The number of nitrogens with zero attached hydrogens (tertiary/aromatic N) is 1. The van der Waals surface area contributed by atoms with E-state index in [-0.39, 0.29) is 23.0 Å². The predicted molar refractivity (Wildman–Crippen MR) is 104 cm³/mol. The van der Waals surface area contributed by atoms with Gasteiger partial charge in [0.25, 0.3) is 5.91 Å². The fourth-order valence-corrected chi connectivity index (χ4v) is 2.09. The van der Waals surface area contributed by atoms with Gasteiger partial charge in [-0.15, -0.1) is 0 Å². The molecule has 0 bridgehead atoms. The third-order valence-electron chi connectivity index (χ3n) is 3.33. The van der Waals surface area contributed by atoms with Gasteiger partial charge in [0.1, 0.15) is 11.5 Å². The van der Waals surface area contributed by atoms with Gasteiger partial charge in [-0.3, -0.25) is 15.0 Å². The zero-order valence-corrected chi connectivity index (χ0v) is 14.9. The SMILES string of the molecule is COc1ccc(C(=O)C/C(=N\NC(N)=S)C(=O)Nc2ccccc2)cc1. The van der Waals surface area contributed by atoms with Crippen molar-refractivity contribution in [1.82, 2.24) is 5.43 Å². The van der Waals surface area contributed by atoms with E-state index in [9.17, 15) is 9.59 Å². The fourth-order valence-electron chi connectivity index (χ4n) is 2.05. The Morgan fingerprint density at radius 2 is 1.77 bits per heavy atom. The molecule has 0 aliphatic heterocycles. The van der Waals surface area contributed by atoms with Gasteiger partial charge >= 0.3 is 0 Å². The number of rotatable bonds is 7. The van der Waals surface area contributed by atoms with Gasteiger partial charge in [-0.1, -0.05) is 18.2 Å². The Bertz CT molecular complexity index is 820. The smallest absolute Gasteiger partial charge is 0.272 e. The maximum Gasteiger partial charge on any atom is 0.272 e. The van der Waals surface area contributed by atoms with E-state index < -0.39 is 5.91 Å². The van der Waals surface area contributed by atoms with Crippen molar-refractivity contribution >= 4 is 40.4 Å². The number of thiocarbonyl (C=S) groups is 1. The Hall–Kier alpha value is -3.26. The lowest BCUT2D eigenvalue weighted by molar-refractivity contribution is -0.110. The first-order valence-corrected chi connectivity index (χ1v) is 8.06. The molecule has 0 aliphatic carbocycles. The summed E-state index contributed by atoms with van der Waals surface area (Å²) in [5, 5.41) is 6.43. The molecule has 0 fully saturated rings. The zero-order chi connectivity index (χ0) is 18.9. The summed E-state index contributed by atoms with van der Waals surface area (Å²) in [6.07, 6.45) is -0.222. The number of nitrogens with one attached hydrogen (secondary N) is 2. The van der Waals surface area contributed by atoms with Gasteiger partial charge in [-0.05, 0) is 48.6 Å². The van der Waals surface area contributed by atoms with Crippen LogP contribution >= 0.6 is 12.2 Å². The lowest BCUT2D eigenvalue weighted by Crippen LogP contribution is -2.31. The summed E-state index contributed by atoms with van der Waals surface area (Å²) in [4.78, 5) is 24.9. The van der Waals surface area contributed by atoms with E-state index in [1.165, 1.54) is 7.11 Å². The molecular weight excluding hydrogens is 352 g/mol. The first-order valence-electron chi connectivity index (χ1n) is 7.65. The number of hydrogen-bond donors (Lipinski definition) is 3. The number of carbonyl (C=O) groups is 2. The summed E-state index contributed by atoms with van der Waals surface area (Å²) >= 11 is 4.69. The Kier molecular flexibility index (Phi) is 6.81. The van der Waals surface area contributed by atoms with Crippen LogP contribution in [0, 0.1) is 0 Å². The number of hydrazone groups is 1. The second-order valence-electron chi connectivity index (χ2n) is 5.18. The molecule has 0 aliphatic rings. The highest BCUT2D eigenvalue weighted by molar-refractivity contribution is 7.80. The van der Waals surface area contributed by atoms with Crippen molar-refractivity contribution in [2.45, 2.75) is 6.42 Å². The molecule has 0 saturated carbocycles. The number of benzene rings is 2. The van der Waals surface area contributed by atoms with Crippen LogP contribution in [-0.4, -0.2) is 29.6 Å².